The summed E-state index contributed by atoms with van der Waals surface area (Å²) < 4.78 is 5.79. The molecule has 0 aliphatic carbocycles. The van der Waals surface area contributed by atoms with E-state index >= 15 is 0 Å². The van der Waals surface area contributed by atoms with Crippen LogP contribution in [0.5, 0.6) is 0 Å². The molecular weight excluding hydrogens is 338 g/mol. The molecule has 5 heteroatoms. The fraction of sp³-hybridized carbons (Fsp3) is 0.318. The molecule has 3 aromatic rings. The van der Waals surface area contributed by atoms with Gasteiger partial charge >= 0.3 is 0 Å². The lowest BCUT2D eigenvalue weighted by atomic mass is 10.0. The first kappa shape index (κ1) is 17.6. The van der Waals surface area contributed by atoms with Gasteiger partial charge in [-0.25, -0.2) is 4.98 Å². The minimum atomic E-state index is 0.0327. The second-order valence-electron chi connectivity index (χ2n) is 7.28. The highest BCUT2D eigenvalue weighted by molar-refractivity contribution is 6.07. The van der Waals surface area contributed by atoms with Crippen LogP contribution in [-0.2, 0) is 4.74 Å². The lowest BCUT2D eigenvalue weighted by molar-refractivity contribution is -0.0585. The Bertz CT molecular complexity index is 978. The quantitative estimate of drug-likeness (QED) is 0.696. The van der Waals surface area contributed by atoms with Crippen molar-refractivity contribution in [3.63, 3.8) is 0 Å². The van der Waals surface area contributed by atoms with Crippen molar-refractivity contribution in [3.05, 3.63) is 59.9 Å². The number of rotatable bonds is 2. The van der Waals surface area contributed by atoms with Gasteiger partial charge in [0.25, 0.3) is 5.91 Å². The number of carbonyl (C=O) groups excluding carboxylic acids is 1. The van der Waals surface area contributed by atoms with E-state index < -0.39 is 0 Å². The van der Waals surface area contributed by atoms with Crippen molar-refractivity contribution in [2.24, 2.45) is 0 Å². The monoisotopic (exact) mass is 361 g/mol. The number of fused-ring (bicyclic) bond motifs is 1. The van der Waals surface area contributed by atoms with Gasteiger partial charge in [0.15, 0.2) is 0 Å². The predicted molar refractivity (Wildman–Crippen MR) is 106 cm³/mol. The summed E-state index contributed by atoms with van der Waals surface area (Å²) in [6.07, 6.45) is 3.55. The molecule has 0 bridgehead atoms. The van der Waals surface area contributed by atoms with Crippen LogP contribution in [0.1, 0.15) is 29.8 Å². The van der Waals surface area contributed by atoms with Crippen LogP contribution in [0.25, 0.3) is 22.2 Å². The first-order valence-electron chi connectivity index (χ1n) is 9.28. The molecule has 0 unspecified atom stereocenters. The summed E-state index contributed by atoms with van der Waals surface area (Å²) in [7, 11) is 0. The zero-order valence-electron chi connectivity index (χ0n) is 15.8. The average molecular weight is 361 g/mol. The maximum absolute atomic E-state index is 13.4. The Balaban J connectivity index is 1.84. The van der Waals surface area contributed by atoms with Gasteiger partial charge in [0, 0.05) is 36.4 Å². The molecule has 0 spiro atoms. The Kier molecular flexibility index (Phi) is 4.62. The second kappa shape index (κ2) is 7.08. The minimum Gasteiger partial charge on any atom is -0.372 e. The predicted octanol–water partition coefficient (Wildman–Crippen LogP) is 3.85. The minimum absolute atomic E-state index is 0.0327. The molecule has 1 aromatic carbocycles. The fourth-order valence-corrected chi connectivity index (χ4v) is 3.70. The van der Waals surface area contributed by atoms with Gasteiger partial charge in [-0.05, 0) is 51.1 Å². The molecule has 1 amide bonds. The molecular formula is C22H23N3O2. The van der Waals surface area contributed by atoms with E-state index in [2.05, 4.69) is 4.98 Å². The van der Waals surface area contributed by atoms with Crippen molar-refractivity contribution >= 4 is 16.8 Å². The van der Waals surface area contributed by atoms with E-state index in [9.17, 15) is 4.79 Å². The van der Waals surface area contributed by atoms with Gasteiger partial charge in [0.05, 0.1) is 29.0 Å². The smallest absolute Gasteiger partial charge is 0.254 e. The SMILES string of the molecule is Cc1ccc2nc(-c3ccncc3)cc(C(=O)N3C[C@H](C)O[C@@H](C)C3)c2c1. The number of aromatic nitrogens is 2. The van der Waals surface area contributed by atoms with Crippen LogP contribution >= 0.6 is 0 Å². The lowest BCUT2D eigenvalue weighted by Gasteiger charge is -2.35. The first-order valence-corrected chi connectivity index (χ1v) is 9.28. The highest BCUT2D eigenvalue weighted by Gasteiger charge is 2.28. The lowest BCUT2D eigenvalue weighted by Crippen LogP contribution is -2.48. The van der Waals surface area contributed by atoms with Crippen molar-refractivity contribution in [1.82, 2.24) is 14.9 Å². The van der Waals surface area contributed by atoms with E-state index in [4.69, 9.17) is 9.72 Å². The van der Waals surface area contributed by atoms with Crippen molar-refractivity contribution in [1.29, 1.82) is 0 Å². The molecule has 2 atom stereocenters. The molecule has 1 saturated heterocycles. The normalized spacial score (nSPS) is 20.0. The summed E-state index contributed by atoms with van der Waals surface area (Å²) in [4.78, 5) is 24.2. The second-order valence-corrected chi connectivity index (χ2v) is 7.28. The number of amides is 1. The Morgan fingerprint density at radius 3 is 2.48 bits per heavy atom. The van der Waals surface area contributed by atoms with E-state index in [0.29, 0.717) is 18.7 Å². The number of pyridine rings is 2. The summed E-state index contributed by atoms with van der Waals surface area (Å²) in [5.41, 5.74) is 4.36. The number of carbonyl (C=O) groups is 1. The first-order chi connectivity index (χ1) is 13.0. The van der Waals surface area contributed by atoms with Crippen LogP contribution in [0.3, 0.4) is 0 Å². The van der Waals surface area contributed by atoms with Gasteiger partial charge in [0.2, 0.25) is 0 Å². The van der Waals surface area contributed by atoms with Gasteiger partial charge in [-0.2, -0.15) is 0 Å². The summed E-state index contributed by atoms with van der Waals surface area (Å²) in [6.45, 7) is 7.25. The molecule has 4 rings (SSSR count). The third-order valence-electron chi connectivity index (χ3n) is 4.88. The average Bonchev–Trinajstić information content (AvgIpc) is 2.66. The molecule has 1 fully saturated rings. The third kappa shape index (κ3) is 3.55. The Morgan fingerprint density at radius 2 is 1.78 bits per heavy atom. The summed E-state index contributed by atoms with van der Waals surface area (Å²) in [5, 5.41) is 0.893. The highest BCUT2D eigenvalue weighted by Crippen LogP contribution is 2.27. The Hall–Kier alpha value is -2.79. The van der Waals surface area contributed by atoms with E-state index in [0.717, 1.165) is 27.7 Å². The molecule has 1 aliphatic rings. The summed E-state index contributed by atoms with van der Waals surface area (Å²) in [5.74, 6) is 0.0327. The van der Waals surface area contributed by atoms with E-state index in [1.807, 2.05) is 62.1 Å². The van der Waals surface area contributed by atoms with Gasteiger partial charge in [-0.15, -0.1) is 0 Å². The summed E-state index contributed by atoms with van der Waals surface area (Å²) >= 11 is 0. The van der Waals surface area contributed by atoms with Crippen LogP contribution in [0.15, 0.2) is 48.8 Å². The topological polar surface area (TPSA) is 55.3 Å². The van der Waals surface area contributed by atoms with Crippen LogP contribution in [0.4, 0.5) is 0 Å². The molecule has 2 aromatic heterocycles. The van der Waals surface area contributed by atoms with Crippen LogP contribution < -0.4 is 0 Å². The molecule has 1 aliphatic heterocycles. The molecule has 0 radical (unpaired) electrons. The van der Waals surface area contributed by atoms with Crippen molar-refractivity contribution in [2.75, 3.05) is 13.1 Å². The summed E-state index contributed by atoms with van der Waals surface area (Å²) in [6, 6.07) is 11.8. The molecule has 0 saturated carbocycles. The van der Waals surface area contributed by atoms with Crippen LogP contribution in [0, 0.1) is 6.92 Å². The number of hydrogen-bond acceptors (Lipinski definition) is 4. The number of ether oxygens (including phenoxy) is 1. The maximum Gasteiger partial charge on any atom is 0.254 e. The van der Waals surface area contributed by atoms with Crippen LogP contribution in [-0.4, -0.2) is 46.1 Å². The number of aryl methyl sites for hydroxylation is 1. The Labute approximate surface area is 159 Å². The Morgan fingerprint density at radius 1 is 1.07 bits per heavy atom. The largest absolute Gasteiger partial charge is 0.372 e. The van der Waals surface area contributed by atoms with Gasteiger partial charge < -0.3 is 9.64 Å². The van der Waals surface area contributed by atoms with Crippen molar-refractivity contribution in [2.45, 2.75) is 33.0 Å². The zero-order valence-corrected chi connectivity index (χ0v) is 15.8. The van der Waals surface area contributed by atoms with Crippen LogP contribution in [0.2, 0.25) is 0 Å². The molecule has 3 heterocycles. The van der Waals surface area contributed by atoms with E-state index in [1.165, 1.54) is 0 Å². The highest BCUT2D eigenvalue weighted by atomic mass is 16.5. The molecule has 27 heavy (non-hydrogen) atoms. The van der Waals surface area contributed by atoms with E-state index in [-0.39, 0.29) is 18.1 Å². The van der Waals surface area contributed by atoms with Crippen molar-refractivity contribution < 1.29 is 9.53 Å². The van der Waals surface area contributed by atoms with Gasteiger partial charge in [0.1, 0.15) is 0 Å². The standard InChI is InChI=1S/C22H23N3O2/c1-14-4-5-20-18(10-14)19(11-21(24-20)17-6-8-23-9-7-17)22(26)25-12-15(2)27-16(3)13-25/h4-11,15-16H,12-13H2,1-3H3/t15-,16-/m0/s1. The number of benzene rings is 1. The molecule has 0 N–H and O–H groups in total. The molecule has 138 valence electrons. The zero-order chi connectivity index (χ0) is 19.0. The van der Waals surface area contributed by atoms with Gasteiger partial charge in [-0.3, -0.25) is 9.78 Å². The number of hydrogen-bond donors (Lipinski definition) is 0. The number of morpholine rings is 1. The van der Waals surface area contributed by atoms with E-state index in [1.54, 1.807) is 12.4 Å². The van der Waals surface area contributed by atoms with Crippen molar-refractivity contribution in [3.8, 4) is 11.3 Å². The number of nitrogens with zero attached hydrogens (tertiary/aromatic N) is 3. The molecule has 5 nitrogen and oxygen atoms in total. The fourth-order valence-electron chi connectivity index (χ4n) is 3.70. The van der Waals surface area contributed by atoms with Gasteiger partial charge in [-0.1, -0.05) is 11.6 Å². The maximum atomic E-state index is 13.4. The third-order valence-corrected chi connectivity index (χ3v) is 4.88.